The average molecular weight is 145 g/mol. The fourth-order valence-corrected chi connectivity index (χ4v) is 3.28. The van der Waals surface area contributed by atoms with Crippen molar-refractivity contribution >= 4 is 23.5 Å². The van der Waals surface area contributed by atoms with Crippen LogP contribution < -0.4 is 0 Å². The predicted octanol–water partition coefficient (Wildman–Crippen LogP) is 1.54. The van der Waals surface area contributed by atoms with Crippen LogP contribution in [0.1, 0.15) is 0 Å². The van der Waals surface area contributed by atoms with Crippen molar-refractivity contribution in [3.8, 4) is 0 Å². The van der Waals surface area contributed by atoms with Gasteiger partial charge in [0.25, 0.3) is 0 Å². The van der Waals surface area contributed by atoms with Gasteiger partial charge in [-0.1, -0.05) is 11.8 Å². The first-order chi connectivity index (χ1) is 3.97. The largest absolute Gasteiger partial charge is 0.355 e. The molecule has 3 heteroatoms. The predicted molar refractivity (Wildman–Crippen MR) is 39.7 cm³/mol. The van der Waals surface area contributed by atoms with Gasteiger partial charge in [-0.3, -0.25) is 0 Å². The van der Waals surface area contributed by atoms with E-state index in [9.17, 15) is 0 Å². The molecule has 0 radical (unpaired) electrons. The minimum atomic E-state index is 0.731. The Morgan fingerprint density at radius 3 is 3.50 bits per heavy atom. The third-order valence-electron chi connectivity index (χ3n) is 1.33. The second-order valence-electron chi connectivity index (χ2n) is 1.84. The van der Waals surface area contributed by atoms with Gasteiger partial charge in [0.2, 0.25) is 0 Å². The number of nitrogens with zero attached hydrogens (tertiary/aromatic N) is 1. The van der Waals surface area contributed by atoms with E-state index >= 15 is 0 Å². The van der Waals surface area contributed by atoms with Crippen molar-refractivity contribution in [2.45, 2.75) is 4.71 Å². The van der Waals surface area contributed by atoms with Crippen molar-refractivity contribution in [3.05, 3.63) is 11.6 Å². The van der Waals surface area contributed by atoms with Gasteiger partial charge in [0, 0.05) is 18.5 Å². The monoisotopic (exact) mass is 145 g/mol. The summed E-state index contributed by atoms with van der Waals surface area (Å²) in [7, 11) is 0. The molecule has 1 fully saturated rings. The number of thioether (sulfide) groups is 2. The van der Waals surface area contributed by atoms with Crippen molar-refractivity contribution < 1.29 is 0 Å². The zero-order valence-electron chi connectivity index (χ0n) is 4.41. The smallest absolute Gasteiger partial charge is 0.126 e. The molecule has 2 aliphatic rings. The Bertz CT molecular complexity index is 124. The summed E-state index contributed by atoms with van der Waals surface area (Å²) >= 11 is 3.96. The molecule has 0 saturated carbocycles. The van der Waals surface area contributed by atoms with Gasteiger partial charge in [0.15, 0.2) is 0 Å². The molecule has 0 bridgehead atoms. The molecule has 0 aromatic carbocycles. The lowest BCUT2D eigenvalue weighted by Gasteiger charge is -2.11. The van der Waals surface area contributed by atoms with E-state index in [2.05, 4.69) is 16.5 Å². The van der Waals surface area contributed by atoms with Crippen molar-refractivity contribution in [1.29, 1.82) is 0 Å². The molecule has 0 amide bonds. The number of hydrogen-bond acceptors (Lipinski definition) is 3. The summed E-state index contributed by atoms with van der Waals surface area (Å²) < 4.78 is 0.731. The van der Waals surface area contributed by atoms with Crippen molar-refractivity contribution in [1.82, 2.24) is 4.90 Å². The van der Waals surface area contributed by atoms with E-state index < -0.39 is 0 Å². The summed E-state index contributed by atoms with van der Waals surface area (Å²) in [5.74, 6) is 1.31. The highest BCUT2D eigenvalue weighted by Gasteiger charge is 2.24. The second-order valence-corrected chi connectivity index (χ2v) is 4.31. The van der Waals surface area contributed by atoms with E-state index in [0.29, 0.717) is 0 Å². The normalized spacial score (nSPS) is 34.0. The van der Waals surface area contributed by atoms with Crippen LogP contribution >= 0.6 is 23.5 Å². The highest BCUT2D eigenvalue weighted by atomic mass is 32.2. The van der Waals surface area contributed by atoms with Crippen molar-refractivity contribution in [2.75, 3.05) is 12.3 Å². The van der Waals surface area contributed by atoms with Crippen LogP contribution in [0.2, 0.25) is 0 Å². The Balaban J connectivity index is 2.13. The lowest BCUT2D eigenvalue weighted by molar-refractivity contribution is 0.476. The molecular weight excluding hydrogens is 138 g/mol. The highest BCUT2D eigenvalue weighted by Crippen LogP contribution is 2.37. The molecule has 1 nitrogen and oxygen atoms in total. The molecule has 8 heavy (non-hydrogen) atoms. The summed E-state index contributed by atoms with van der Waals surface area (Å²) in [6, 6.07) is 0. The Morgan fingerprint density at radius 2 is 2.62 bits per heavy atom. The fraction of sp³-hybridized carbons (Fsp3) is 0.600. The third-order valence-corrected chi connectivity index (χ3v) is 3.83. The maximum atomic E-state index is 2.38. The second kappa shape index (κ2) is 1.88. The molecule has 44 valence electrons. The molecule has 0 N–H and O–H groups in total. The molecule has 1 unspecified atom stereocenters. The molecule has 1 atom stereocenters. The first-order valence-corrected chi connectivity index (χ1v) is 4.65. The Labute approximate surface area is 57.5 Å². The molecular formula is C5H7NS2. The maximum absolute atomic E-state index is 2.38. The van der Waals surface area contributed by atoms with E-state index in [1.165, 1.54) is 12.3 Å². The third kappa shape index (κ3) is 0.650. The topological polar surface area (TPSA) is 3.24 Å². The zero-order valence-corrected chi connectivity index (χ0v) is 6.04. The van der Waals surface area contributed by atoms with Crippen molar-refractivity contribution in [2.24, 2.45) is 0 Å². The fourth-order valence-electron chi connectivity index (χ4n) is 0.903. The van der Waals surface area contributed by atoms with Crippen LogP contribution in [0.5, 0.6) is 0 Å². The highest BCUT2D eigenvalue weighted by molar-refractivity contribution is 8.18. The zero-order chi connectivity index (χ0) is 5.40. The van der Waals surface area contributed by atoms with Crippen LogP contribution in [0.3, 0.4) is 0 Å². The minimum absolute atomic E-state index is 0.731. The molecule has 0 aromatic heterocycles. The van der Waals surface area contributed by atoms with Gasteiger partial charge in [-0.05, 0) is 5.41 Å². The SMILES string of the molecule is C1=CN2CCSC2S1. The molecule has 2 rings (SSSR count). The summed E-state index contributed by atoms with van der Waals surface area (Å²) in [5.41, 5.74) is 0. The van der Waals surface area contributed by atoms with Gasteiger partial charge in [0.05, 0.1) is 0 Å². The van der Waals surface area contributed by atoms with Crippen molar-refractivity contribution in [3.63, 3.8) is 0 Å². The Kier molecular flexibility index (Phi) is 1.19. The van der Waals surface area contributed by atoms with Crippen LogP contribution in [-0.2, 0) is 0 Å². The van der Waals surface area contributed by atoms with E-state index in [1.54, 1.807) is 0 Å². The van der Waals surface area contributed by atoms with Gasteiger partial charge in [-0.25, -0.2) is 0 Å². The maximum Gasteiger partial charge on any atom is 0.126 e. The molecule has 0 spiro atoms. The Hall–Kier alpha value is 0.240. The van der Waals surface area contributed by atoms with Crippen LogP contribution in [0.15, 0.2) is 11.6 Å². The molecule has 0 aromatic rings. The van der Waals surface area contributed by atoms with E-state index in [1.807, 2.05) is 23.5 Å². The first-order valence-electron chi connectivity index (χ1n) is 2.66. The standard InChI is InChI=1S/C5H7NS2/c1-3-7-5-6(1)2-4-8-5/h1,3,5H,2,4H2. The minimum Gasteiger partial charge on any atom is -0.355 e. The summed E-state index contributed by atoms with van der Waals surface area (Å²) in [6.07, 6.45) is 2.19. The van der Waals surface area contributed by atoms with E-state index in [-0.39, 0.29) is 0 Å². The molecule has 2 heterocycles. The summed E-state index contributed by atoms with van der Waals surface area (Å²) in [5, 5.41) is 2.18. The van der Waals surface area contributed by atoms with Crippen LogP contribution in [-0.4, -0.2) is 21.9 Å². The summed E-state index contributed by atoms with van der Waals surface area (Å²) in [6.45, 7) is 1.25. The summed E-state index contributed by atoms with van der Waals surface area (Å²) in [4.78, 5) is 2.38. The van der Waals surface area contributed by atoms with Crippen LogP contribution in [0, 0.1) is 0 Å². The molecule has 2 aliphatic heterocycles. The lowest BCUT2D eigenvalue weighted by Crippen LogP contribution is -2.14. The van der Waals surface area contributed by atoms with E-state index in [4.69, 9.17) is 0 Å². The van der Waals surface area contributed by atoms with Gasteiger partial charge in [-0.15, -0.1) is 11.8 Å². The van der Waals surface area contributed by atoms with Gasteiger partial charge >= 0.3 is 0 Å². The van der Waals surface area contributed by atoms with Gasteiger partial charge in [-0.2, -0.15) is 0 Å². The average Bonchev–Trinajstić information content (AvgIpc) is 2.15. The van der Waals surface area contributed by atoms with Gasteiger partial charge < -0.3 is 4.90 Å². The lowest BCUT2D eigenvalue weighted by atomic mass is 10.7. The molecule has 1 saturated heterocycles. The van der Waals surface area contributed by atoms with Crippen LogP contribution in [0.4, 0.5) is 0 Å². The number of fused-ring (bicyclic) bond motifs is 1. The quantitative estimate of drug-likeness (QED) is 0.509. The van der Waals surface area contributed by atoms with Crippen LogP contribution in [0.25, 0.3) is 0 Å². The first kappa shape index (κ1) is 5.06. The number of hydrogen-bond donors (Lipinski definition) is 0. The Morgan fingerprint density at radius 1 is 1.62 bits per heavy atom. The number of rotatable bonds is 0. The molecule has 0 aliphatic carbocycles. The van der Waals surface area contributed by atoms with E-state index in [0.717, 1.165) is 4.71 Å². The van der Waals surface area contributed by atoms with Gasteiger partial charge in [0.1, 0.15) is 4.71 Å².